The van der Waals surface area contributed by atoms with Crippen LogP contribution in [0.2, 0.25) is 0 Å². The van der Waals surface area contributed by atoms with E-state index in [4.69, 9.17) is 9.47 Å². The predicted molar refractivity (Wildman–Crippen MR) is 78.1 cm³/mol. The Labute approximate surface area is 116 Å². The first-order valence-electron chi connectivity index (χ1n) is 5.85. The summed E-state index contributed by atoms with van der Waals surface area (Å²) in [6.07, 6.45) is -0.442. The van der Waals surface area contributed by atoms with Crippen molar-refractivity contribution in [2.24, 2.45) is 0 Å². The molecule has 1 saturated heterocycles. The van der Waals surface area contributed by atoms with Gasteiger partial charge in [0.2, 0.25) is 0 Å². The molecule has 1 fully saturated rings. The fourth-order valence-corrected chi connectivity index (χ4v) is 4.69. The molecule has 2 rings (SSSR count). The number of methoxy groups -OCH3 is 2. The minimum atomic E-state index is -0.442. The summed E-state index contributed by atoms with van der Waals surface area (Å²) >= 11 is 3.75. The van der Waals surface area contributed by atoms with E-state index in [9.17, 15) is 5.11 Å². The van der Waals surface area contributed by atoms with Crippen LogP contribution in [0, 0.1) is 0 Å². The Morgan fingerprint density at radius 2 is 2.00 bits per heavy atom. The highest BCUT2D eigenvalue weighted by atomic mass is 32.2. The van der Waals surface area contributed by atoms with Crippen LogP contribution in [0.4, 0.5) is 0 Å². The van der Waals surface area contributed by atoms with Crippen LogP contribution in [0.1, 0.15) is 11.7 Å². The van der Waals surface area contributed by atoms with Crippen molar-refractivity contribution in [1.29, 1.82) is 0 Å². The Morgan fingerprint density at radius 1 is 1.22 bits per heavy atom. The first-order valence-corrected chi connectivity index (χ1v) is 8.06. The van der Waals surface area contributed by atoms with Gasteiger partial charge in [-0.3, -0.25) is 0 Å². The van der Waals surface area contributed by atoms with Crippen LogP contribution in [0.25, 0.3) is 0 Å². The number of rotatable bonds is 4. The van der Waals surface area contributed by atoms with Gasteiger partial charge in [-0.2, -0.15) is 23.5 Å². The fourth-order valence-electron chi connectivity index (χ4n) is 1.94. The van der Waals surface area contributed by atoms with E-state index >= 15 is 0 Å². The van der Waals surface area contributed by atoms with E-state index in [1.165, 1.54) is 5.75 Å². The van der Waals surface area contributed by atoms with Crippen LogP contribution in [0.5, 0.6) is 11.5 Å². The third kappa shape index (κ3) is 3.08. The van der Waals surface area contributed by atoms with Gasteiger partial charge in [0.25, 0.3) is 0 Å². The molecular weight excluding hydrogens is 268 g/mol. The van der Waals surface area contributed by atoms with E-state index in [1.54, 1.807) is 14.2 Å². The van der Waals surface area contributed by atoms with E-state index in [2.05, 4.69) is 0 Å². The van der Waals surface area contributed by atoms with Crippen LogP contribution in [-0.2, 0) is 0 Å². The maximum atomic E-state index is 10.4. The lowest BCUT2D eigenvalue weighted by atomic mass is 10.1. The van der Waals surface area contributed by atoms with Gasteiger partial charge in [-0.15, -0.1) is 0 Å². The molecule has 5 heteroatoms. The molecule has 1 aliphatic rings. The van der Waals surface area contributed by atoms with E-state index in [1.807, 2.05) is 41.7 Å². The summed E-state index contributed by atoms with van der Waals surface area (Å²) in [5.74, 6) is 4.65. The molecule has 1 N–H and O–H groups in total. The van der Waals surface area contributed by atoms with Gasteiger partial charge in [-0.1, -0.05) is 6.07 Å². The van der Waals surface area contributed by atoms with Gasteiger partial charge in [0.15, 0.2) is 11.5 Å². The van der Waals surface area contributed by atoms with Gasteiger partial charge >= 0.3 is 0 Å². The summed E-state index contributed by atoms with van der Waals surface area (Å²) in [6, 6.07) is 5.62. The van der Waals surface area contributed by atoms with Crippen LogP contribution in [0.3, 0.4) is 0 Å². The van der Waals surface area contributed by atoms with Crippen molar-refractivity contribution < 1.29 is 14.6 Å². The molecule has 0 spiro atoms. The molecule has 1 aliphatic heterocycles. The van der Waals surface area contributed by atoms with Crippen molar-refractivity contribution in [3.8, 4) is 11.5 Å². The smallest absolute Gasteiger partial charge is 0.161 e. The zero-order valence-electron chi connectivity index (χ0n) is 10.6. The second kappa shape index (κ2) is 6.59. The van der Waals surface area contributed by atoms with Gasteiger partial charge in [0, 0.05) is 22.5 Å². The van der Waals surface area contributed by atoms with Crippen molar-refractivity contribution in [1.82, 2.24) is 0 Å². The second-order valence-electron chi connectivity index (χ2n) is 4.04. The molecule has 0 aliphatic carbocycles. The molecule has 2 unspecified atom stereocenters. The predicted octanol–water partition coefficient (Wildman–Crippen LogP) is 2.59. The molecule has 0 amide bonds. The molecule has 0 aromatic heterocycles. The first kappa shape index (κ1) is 13.9. The Balaban J connectivity index is 2.16. The summed E-state index contributed by atoms with van der Waals surface area (Å²) in [6.45, 7) is 0. The minimum absolute atomic E-state index is 0.266. The van der Waals surface area contributed by atoms with Gasteiger partial charge in [0.05, 0.1) is 20.3 Å². The van der Waals surface area contributed by atoms with Crippen molar-refractivity contribution in [2.75, 3.05) is 31.5 Å². The number of thioether (sulfide) groups is 2. The highest BCUT2D eigenvalue weighted by Crippen LogP contribution is 2.36. The SMILES string of the molecule is COc1ccc(C(O)C2CSCCS2)cc1OC. The fraction of sp³-hybridized carbons (Fsp3) is 0.538. The van der Waals surface area contributed by atoms with Crippen LogP contribution in [-0.4, -0.2) is 41.8 Å². The third-order valence-corrected chi connectivity index (χ3v) is 5.79. The van der Waals surface area contributed by atoms with Gasteiger partial charge < -0.3 is 14.6 Å². The minimum Gasteiger partial charge on any atom is -0.493 e. The lowest BCUT2D eigenvalue weighted by Crippen LogP contribution is -2.22. The Hall–Kier alpha value is -0.520. The van der Waals surface area contributed by atoms with Crippen LogP contribution < -0.4 is 9.47 Å². The Bertz CT molecular complexity index is 392. The molecule has 1 aromatic carbocycles. The summed E-state index contributed by atoms with van der Waals surface area (Å²) in [4.78, 5) is 0. The largest absolute Gasteiger partial charge is 0.493 e. The van der Waals surface area contributed by atoms with Crippen LogP contribution in [0.15, 0.2) is 18.2 Å². The molecule has 0 saturated carbocycles. The number of aliphatic hydroxyl groups is 1. The Kier molecular flexibility index (Phi) is 5.09. The molecular formula is C13H18O3S2. The van der Waals surface area contributed by atoms with Crippen molar-refractivity contribution in [3.05, 3.63) is 23.8 Å². The van der Waals surface area contributed by atoms with E-state index in [0.29, 0.717) is 11.5 Å². The number of ether oxygens (including phenoxy) is 2. The van der Waals surface area contributed by atoms with Crippen molar-refractivity contribution >= 4 is 23.5 Å². The average Bonchev–Trinajstić information content (AvgIpc) is 2.46. The summed E-state index contributed by atoms with van der Waals surface area (Å²) < 4.78 is 10.5. The highest BCUT2D eigenvalue weighted by molar-refractivity contribution is 8.06. The van der Waals surface area contributed by atoms with Gasteiger partial charge in [-0.25, -0.2) is 0 Å². The molecule has 0 bridgehead atoms. The molecule has 18 heavy (non-hydrogen) atoms. The summed E-state index contributed by atoms with van der Waals surface area (Å²) in [5, 5.41) is 10.7. The highest BCUT2D eigenvalue weighted by Gasteiger charge is 2.24. The molecule has 0 radical (unpaired) electrons. The van der Waals surface area contributed by atoms with Crippen molar-refractivity contribution in [2.45, 2.75) is 11.4 Å². The summed E-state index contributed by atoms with van der Waals surface area (Å²) in [7, 11) is 3.22. The van der Waals surface area contributed by atoms with E-state index < -0.39 is 6.10 Å². The topological polar surface area (TPSA) is 38.7 Å². The molecule has 1 aromatic rings. The molecule has 3 nitrogen and oxygen atoms in total. The Morgan fingerprint density at radius 3 is 2.61 bits per heavy atom. The molecule has 1 heterocycles. The number of benzene rings is 1. The average molecular weight is 286 g/mol. The van der Waals surface area contributed by atoms with Crippen molar-refractivity contribution in [3.63, 3.8) is 0 Å². The first-order chi connectivity index (χ1) is 8.76. The number of hydrogen-bond donors (Lipinski definition) is 1. The van der Waals surface area contributed by atoms with Crippen LogP contribution >= 0.6 is 23.5 Å². The normalized spacial score (nSPS) is 21.4. The lowest BCUT2D eigenvalue weighted by molar-refractivity contribution is 0.180. The number of hydrogen-bond acceptors (Lipinski definition) is 5. The van der Waals surface area contributed by atoms with Gasteiger partial charge in [0.1, 0.15) is 0 Å². The van der Waals surface area contributed by atoms with E-state index in [0.717, 1.165) is 17.1 Å². The maximum absolute atomic E-state index is 10.4. The second-order valence-corrected chi connectivity index (χ2v) is 6.54. The summed E-state index contributed by atoms with van der Waals surface area (Å²) in [5.41, 5.74) is 0.896. The quantitative estimate of drug-likeness (QED) is 0.921. The number of aliphatic hydroxyl groups excluding tert-OH is 1. The van der Waals surface area contributed by atoms with E-state index in [-0.39, 0.29) is 5.25 Å². The zero-order valence-corrected chi connectivity index (χ0v) is 12.2. The zero-order chi connectivity index (χ0) is 13.0. The third-order valence-electron chi connectivity index (χ3n) is 2.94. The monoisotopic (exact) mass is 286 g/mol. The maximum Gasteiger partial charge on any atom is 0.161 e. The standard InChI is InChI=1S/C13H18O3S2/c1-15-10-4-3-9(7-11(10)16-2)13(14)12-8-17-5-6-18-12/h3-4,7,12-14H,5-6,8H2,1-2H3. The van der Waals surface area contributed by atoms with Gasteiger partial charge in [-0.05, 0) is 17.7 Å². The lowest BCUT2D eigenvalue weighted by Gasteiger charge is -2.26. The molecule has 100 valence electrons. The molecule has 2 atom stereocenters.